The van der Waals surface area contributed by atoms with Crippen molar-refractivity contribution >= 4 is 17.9 Å². The van der Waals surface area contributed by atoms with Gasteiger partial charge in [0.1, 0.15) is 13.2 Å². The number of hydrogen-bond acceptors (Lipinski definition) is 6. The molecule has 1 unspecified atom stereocenters. The third kappa shape index (κ3) is 47.5. The second kappa shape index (κ2) is 49.2. The zero-order chi connectivity index (χ0) is 44.4. The van der Waals surface area contributed by atoms with Gasteiger partial charge < -0.3 is 14.2 Å². The van der Waals surface area contributed by atoms with Gasteiger partial charge in [-0.3, -0.25) is 14.4 Å². The first-order valence-corrected chi connectivity index (χ1v) is 25.1. The Hall–Kier alpha value is -3.41. The number of carbonyl (C=O) groups excluding carboxylic acids is 3. The molecule has 0 rings (SSSR count). The van der Waals surface area contributed by atoms with Gasteiger partial charge in [0.2, 0.25) is 0 Å². The first-order chi connectivity index (χ1) is 30.0. The average Bonchev–Trinajstić information content (AvgIpc) is 3.26. The molecule has 348 valence electrons. The van der Waals surface area contributed by atoms with Crippen molar-refractivity contribution in [3.05, 3.63) is 85.1 Å². The molecule has 0 aromatic rings. The molecule has 0 aliphatic rings. The average molecular weight is 849 g/mol. The Morgan fingerprint density at radius 1 is 0.344 bits per heavy atom. The Bertz CT molecular complexity index is 1200. The van der Waals surface area contributed by atoms with Crippen LogP contribution in [0.5, 0.6) is 0 Å². The number of rotatable bonds is 44. The van der Waals surface area contributed by atoms with E-state index in [9.17, 15) is 14.4 Å². The quantitative estimate of drug-likeness (QED) is 0.0263. The van der Waals surface area contributed by atoms with E-state index in [1.807, 2.05) is 18.2 Å². The van der Waals surface area contributed by atoms with Crippen molar-refractivity contribution in [1.82, 2.24) is 0 Å². The van der Waals surface area contributed by atoms with Gasteiger partial charge in [-0.05, 0) is 70.6 Å². The topological polar surface area (TPSA) is 78.9 Å². The lowest BCUT2D eigenvalue weighted by Gasteiger charge is -2.18. The number of esters is 3. The minimum absolute atomic E-state index is 0.129. The van der Waals surface area contributed by atoms with E-state index in [-0.39, 0.29) is 44.0 Å². The smallest absolute Gasteiger partial charge is 0.306 e. The Balaban J connectivity index is 4.55. The standard InChI is InChI=1S/C55H92O6/c1-4-7-10-13-16-19-22-25-27-28-31-33-36-39-42-45-48-54(57)60-51-52(50-59-53(56)47-44-41-38-35-32-29-24-21-18-15-12-9-6-3)61-55(58)49-46-43-40-37-34-30-26-23-20-17-14-11-8-5-2/h7,10,16,19,25,27,29,31-33,38-39,41-42,52H,4-6,8-9,11-15,17-18,20-24,26,28,30,34-37,40,43-51H2,1-3H3/b10-7-,19-16-,27-25-,32-29-,33-31-,41-38-,42-39-. The van der Waals surface area contributed by atoms with Gasteiger partial charge in [0.25, 0.3) is 0 Å². The van der Waals surface area contributed by atoms with E-state index >= 15 is 0 Å². The first-order valence-electron chi connectivity index (χ1n) is 25.1. The zero-order valence-electron chi connectivity index (χ0n) is 39.7. The zero-order valence-corrected chi connectivity index (χ0v) is 39.7. The van der Waals surface area contributed by atoms with Gasteiger partial charge in [-0.25, -0.2) is 0 Å². The number of hydrogen-bond donors (Lipinski definition) is 0. The summed E-state index contributed by atoms with van der Waals surface area (Å²) in [5, 5.41) is 0. The number of ether oxygens (including phenoxy) is 3. The minimum Gasteiger partial charge on any atom is -0.462 e. The molecule has 61 heavy (non-hydrogen) atoms. The first kappa shape index (κ1) is 57.6. The molecule has 0 aromatic carbocycles. The maximum atomic E-state index is 12.8. The van der Waals surface area contributed by atoms with Crippen molar-refractivity contribution in [3.63, 3.8) is 0 Å². The van der Waals surface area contributed by atoms with Crippen molar-refractivity contribution < 1.29 is 28.6 Å². The van der Waals surface area contributed by atoms with Gasteiger partial charge in [-0.1, -0.05) is 221 Å². The fraction of sp³-hybridized carbons (Fsp3) is 0.691. The number of unbranched alkanes of at least 4 members (excludes halogenated alkanes) is 19. The van der Waals surface area contributed by atoms with Gasteiger partial charge in [0, 0.05) is 19.3 Å². The van der Waals surface area contributed by atoms with Crippen LogP contribution in [-0.4, -0.2) is 37.2 Å². The van der Waals surface area contributed by atoms with E-state index < -0.39 is 6.10 Å². The van der Waals surface area contributed by atoms with E-state index in [1.165, 1.54) is 109 Å². The maximum absolute atomic E-state index is 12.8. The summed E-state index contributed by atoms with van der Waals surface area (Å²) in [6, 6.07) is 0. The lowest BCUT2D eigenvalue weighted by Crippen LogP contribution is -2.30. The minimum atomic E-state index is -0.826. The van der Waals surface area contributed by atoms with Crippen LogP contribution < -0.4 is 0 Å². The summed E-state index contributed by atoms with van der Waals surface area (Å²) >= 11 is 0. The van der Waals surface area contributed by atoms with Crippen molar-refractivity contribution in [2.24, 2.45) is 0 Å². The molecule has 0 saturated heterocycles. The van der Waals surface area contributed by atoms with E-state index in [0.29, 0.717) is 19.3 Å². The highest BCUT2D eigenvalue weighted by Gasteiger charge is 2.19. The van der Waals surface area contributed by atoms with Crippen LogP contribution in [0.4, 0.5) is 0 Å². The van der Waals surface area contributed by atoms with E-state index in [1.54, 1.807) is 0 Å². The van der Waals surface area contributed by atoms with E-state index in [0.717, 1.165) is 64.2 Å². The third-order valence-electron chi connectivity index (χ3n) is 10.4. The second-order valence-corrected chi connectivity index (χ2v) is 16.3. The Kier molecular flexibility index (Phi) is 46.5. The van der Waals surface area contributed by atoms with Crippen LogP contribution in [0, 0.1) is 0 Å². The van der Waals surface area contributed by atoms with Crippen molar-refractivity contribution in [3.8, 4) is 0 Å². The molecule has 0 aliphatic heterocycles. The molecule has 0 radical (unpaired) electrons. The molecule has 0 heterocycles. The third-order valence-corrected chi connectivity index (χ3v) is 10.4. The predicted octanol–water partition coefficient (Wildman–Crippen LogP) is 16.4. The van der Waals surface area contributed by atoms with E-state index in [4.69, 9.17) is 14.2 Å². The monoisotopic (exact) mass is 849 g/mol. The summed E-state index contributed by atoms with van der Waals surface area (Å²) in [5.41, 5.74) is 0. The van der Waals surface area contributed by atoms with Crippen molar-refractivity contribution in [1.29, 1.82) is 0 Å². The number of allylic oxidation sites excluding steroid dienone is 14. The van der Waals surface area contributed by atoms with Gasteiger partial charge in [0.05, 0.1) is 0 Å². The molecule has 6 nitrogen and oxygen atoms in total. The Labute approximate surface area is 375 Å². The SMILES string of the molecule is CC/C=C\C/C=C\C/C=C\C/C=C\C/C=C\CCC(=O)OCC(COC(=O)CC/C=C\C/C=C\CCCCCCCC)OC(=O)CCCCCCCCCCCCCCCC. The van der Waals surface area contributed by atoms with Gasteiger partial charge in [-0.15, -0.1) is 0 Å². The van der Waals surface area contributed by atoms with E-state index in [2.05, 4.69) is 87.6 Å². The summed E-state index contributed by atoms with van der Waals surface area (Å²) in [4.78, 5) is 37.8. The Morgan fingerprint density at radius 3 is 1.07 bits per heavy atom. The largest absolute Gasteiger partial charge is 0.462 e. The maximum Gasteiger partial charge on any atom is 0.306 e. The molecule has 0 bridgehead atoms. The summed E-state index contributed by atoms with van der Waals surface area (Å²) in [7, 11) is 0. The number of carbonyl (C=O) groups is 3. The molecule has 0 N–H and O–H groups in total. The molecule has 0 amide bonds. The van der Waals surface area contributed by atoms with Gasteiger partial charge >= 0.3 is 17.9 Å². The van der Waals surface area contributed by atoms with Crippen LogP contribution in [0.25, 0.3) is 0 Å². The molecule has 6 heteroatoms. The van der Waals surface area contributed by atoms with Crippen molar-refractivity contribution in [2.75, 3.05) is 13.2 Å². The molecular formula is C55H92O6. The molecule has 0 fully saturated rings. The second-order valence-electron chi connectivity index (χ2n) is 16.3. The highest BCUT2D eigenvalue weighted by atomic mass is 16.6. The fourth-order valence-corrected chi connectivity index (χ4v) is 6.66. The Morgan fingerprint density at radius 2 is 0.672 bits per heavy atom. The predicted molar refractivity (Wildman–Crippen MR) is 261 cm³/mol. The summed E-state index contributed by atoms with van der Waals surface area (Å²) < 4.78 is 16.6. The van der Waals surface area contributed by atoms with Gasteiger partial charge in [-0.2, -0.15) is 0 Å². The molecule has 0 saturated carbocycles. The molecule has 1 atom stereocenters. The lowest BCUT2D eigenvalue weighted by atomic mass is 10.0. The normalized spacial score (nSPS) is 12.8. The molecule has 0 aromatic heterocycles. The highest BCUT2D eigenvalue weighted by molar-refractivity contribution is 5.71. The summed E-state index contributed by atoms with van der Waals surface area (Å²) in [5.74, 6) is -1.07. The van der Waals surface area contributed by atoms with Crippen LogP contribution in [-0.2, 0) is 28.6 Å². The van der Waals surface area contributed by atoms with Gasteiger partial charge in [0.15, 0.2) is 6.10 Å². The van der Waals surface area contributed by atoms with Crippen molar-refractivity contribution in [2.45, 2.75) is 232 Å². The summed E-state index contributed by atoms with van der Waals surface area (Å²) in [6.07, 6.45) is 63.0. The van der Waals surface area contributed by atoms with Crippen LogP contribution in [0.2, 0.25) is 0 Å². The molecule has 0 spiro atoms. The molecular weight excluding hydrogens is 757 g/mol. The highest BCUT2D eigenvalue weighted by Crippen LogP contribution is 2.14. The lowest BCUT2D eigenvalue weighted by molar-refractivity contribution is -0.166. The fourth-order valence-electron chi connectivity index (χ4n) is 6.66. The summed E-state index contributed by atoms with van der Waals surface area (Å²) in [6.45, 7) is 6.39. The van der Waals surface area contributed by atoms with Crippen LogP contribution in [0.3, 0.4) is 0 Å². The van der Waals surface area contributed by atoms with Crippen LogP contribution >= 0.6 is 0 Å². The van der Waals surface area contributed by atoms with Crippen LogP contribution in [0.1, 0.15) is 226 Å². The molecule has 0 aliphatic carbocycles. The van der Waals surface area contributed by atoms with Crippen LogP contribution in [0.15, 0.2) is 85.1 Å².